The van der Waals surface area contributed by atoms with Gasteiger partial charge in [0.05, 0.1) is 0 Å². The van der Waals surface area contributed by atoms with Crippen LogP contribution < -0.4 is 0 Å². The quantitative estimate of drug-likeness (QED) is 0.569. The molecule has 68 valence electrons. The summed E-state index contributed by atoms with van der Waals surface area (Å²) < 4.78 is 0. The van der Waals surface area contributed by atoms with Gasteiger partial charge < -0.3 is 4.98 Å². The molecule has 0 aromatic heterocycles. The first-order chi connectivity index (χ1) is 6.84. The average Bonchev–Trinajstić information content (AvgIpc) is 2.54. The van der Waals surface area contributed by atoms with E-state index in [1.165, 1.54) is 22.0 Å². The number of hydrogen-bond acceptors (Lipinski definition) is 1. The van der Waals surface area contributed by atoms with Gasteiger partial charge in [-0.05, 0) is 23.8 Å². The van der Waals surface area contributed by atoms with E-state index in [-0.39, 0.29) is 0 Å². The van der Waals surface area contributed by atoms with Gasteiger partial charge in [-0.25, -0.2) is 4.98 Å². The van der Waals surface area contributed by atoms with Gasteiger partial charge in [0.1, 0.15) is 5.82 Å². The second kappa shape index (κ2) is 2.58. The summed E-state index contributed by atoms with van der Waals surface area (Å²) in [6, 6.07) is 10.5. The lowest BCUT2D eigenvalue weighted by molar-refractivity contribution is 1.06. The Kier molecular flexibility index (Phi) is 1.39. The van der Waals surface area contributed by atoms with Crippen molar-refractivity contribution in [1.29, 1.82) is 0 Å². The number of aryl methyl sites for hydroxylation is 1. The number of fused-ring (bicyclic) bond motifs is 3. The van der Waals surface area contributed by atoms with Gasteiger partial charge >= 0.3 is 0 Å². The number of hydrogen-bond donors (Lipinski definition) is 1. The molecule has 1 aliphatic heterocycles. The van der Waals surface area contributed by atoms with E-state index >= 15 is 0 Å². The van der Waals surface area contributed by atoms with Gasteiger partial charge in [0.2, 0.25) is 0 Å². The van der Waals surface area contributed by atoms with Crippen molar-refractivity contribution in [3.05, 3.63) is 42.4 Å². The Hall–Kier alpha value is -1.83. The molecular weight excluding hydrogens is 172 g/mol. The van der Waals surface area contributed by atoms with Gasteiger partial charge in [0, 0.05) is 17.5 Å². The standard InChI is InChI=1S/C12H10N2/c1-8-13-7-11-10-5-3-2-4-9(10)6-12(11)14-8/h2-7H,1H3,(H,13,14). The summed E-state index contributed by atoms with van der Waals surface area (Å²) in [7, 11) is 0. The third-order valence-corrected chi connectivity index (χ3v) is 2.54. The van der Waals surface area contributed by atoms with E-state index in [1.807, 2.05) is 13.1 Å². The molecule has 14 heavy (non-hydrogen) atoms. The number of H-pyrrole nitrogens is 1. The molecule has 1 aromatic rings. The molecular formula is C12H10N2. The molecule has 2 heteroatoms. The van der Waals surface area contributed by atoms with Crippen LogP contribution in [0.25, 0.3) is 22.0 Å². The van der Waals surface area contributed by atoms with Gasteiger partial charge in [0.25, 0.3) is 0 Å². The molecule has 0 bridgehead atoms. The molecule has 0 radical (unpaired) electrons. The predicted molar refractivity (Wildman–Crippen MR) is 57.5 cm³/mol. The first-order valence-corrected chi connectivity index (χ1v) is 4.68. The maximum Gasteiger partial charge on any atom is 0.103 e. The fourth-order valence-corrected chi connectivity index (χ4v) is 1.88. The van der Waals surface area contributed by atoms with E-state index in [0.717, 1.165) is 5.82 Å². The second-order valence-electron chi connectivity index (χ2n) is 3.53. The zero-order valence-corrected chi connectivity index (χ0v) is 7.91. The lowest BCUT2D eigenvalue weighted by Crippen LogP contribution is -1.88. The van der Waals surface area contributed by atoms with Crippen LogP contribution in [0.1, 0.15) is 5.82 Å². The number of benzene rings is 1. The largest absolute Gasteiger partial charge is 0.343 e. The molecule has 1 heterocycles. The Bertz CT molecular complexity index is 566. The summed E-state index contributed by atoms with van der Waals surface area (Å²) in [4.78, 5) is 7.54. The highest BCUT2D eigenvalue weighted by Gasteiger charge is 2.09. The summed E-state index contributed by atoms with van der Waals surface area (Å²) in [5.74, 6) is 0.952. The van der Waals surface area contributed by atoms with Crippen molar-refractivity contribution in [2.45, 2.75) is 6.92 Å². The Morgan fingerprint density at radius 2 is 2.07 bits per heavy atom. The van der Waals surface area contributed by atoms with Crippen molar-refractivity contribution in [2.75, 3.05) is 0 Å². The topological polar surface area (TPSA) is 28.7 Å². The van der Waals surface area contributed by atoms with Crippen molar-refractivity contribution in [1.82, 2.24) is 9.97 Å². The zero-order chi connectivity index (χ0) is 9.54. The fourth-order valence-electron chi connectivity index (χ4n) is 1.88. The molecule has 0 unspecified atom stereocenters. The maximum absolute atomic E-state index is 4.27. The van der Waals surface area contributed by atoms with Crippen LogP contribution in [0.5, 0.6) is 0 Å². The van der Waals surface area contributed by atoms with Crippen LogP contribution in [0.3, 0.4) is 0 Å². The van der Waals surface area contributed by atoms with Crippen molar-refractivity contribution < 1.29 is 0 Å². The molecule has 0 saturated heterocycles. The van der Waals surface area contributed by atoms with Crippen LogP contribution >= 0.6 is 0 Å². The maximum atomic E-state index is 4.27. The third kappa shape index (κ3) is 0.940. The minimum atomic E-state index is 0.952. The minimum Gasteiger partial charge on any atom is -0.343 e. The van der Waals surface area contributed by atoms with Crippen LogP contribution in [-0.2, 0) is 0 Å². The van der Waals surface area contributed by atoms with E-state index < -0.39 is 0 Å². The number of aromatic nitrogens is 2. The summed E-state index contributed by atoms with van der Waals surface area (Å²) >= 11 is 0. The summed E-state index contributed by atoms with van der Waals surface area (Å²) in [5.41, 5.74) is 2.37. The lowest BCUT2D eigenvalue weighted by Gasteiger charge is -2.00. The number of nitrogens with one attached hydrogen (secondary N) is 1. The van der Waals surface area contributed by atoms with Gasteiger partial charge in [0.15, 0.2) is 0 Å². The Morgan fingerprint density at radius 3 is 3.00 bits per heavy atom. The highest BCUT2D eigenvalue weighted by Crippen LogP contribution is 2.31. The molecule has 3 rings (SSSR count). The highest BCUT2D eigenvalue weighted by molar-refractivity contribution is 6.00. The minimum absolute atomic E-state index is 0.952. The van der Waals surface area contributed by atoms with Gasteiger partial charge in [-0.1, -0.05) is 24.3 Å². The Balaban J connectivity index is 2.50. The van der Waals surface area contributed by atoms with Crippen LogP contribution in [0.15, 0.2) is 36.5 Å². The van der Waals surface area contributed by atoms with Crippen molar-refractivity contribution in [3.63, 3.8) is 0 Å². The lowest BCUT2D eigenvalue weighted by atomic mass is 10.2. The van der Waals surface area contributed by atoms with Crippen LogP contribution in [-0.4, -0.2) is 9.97 Å². The molecule has 0 fully saturated rings. The molecule has 0 saturated carbocycles. The van der Waals surface area contributed by atoms with Crippen LogP contribution in [0.2, 0.25) is 0 Å². The number of nitrogens with zero attached hydrogens (tertiary/aromatic N) is 1. The molecule has 0 amide bonds. The summed E-state index contributed by atoms with van der Waals surface area (Å²) in [5, 5.41) is 2.54. The monoisotopic (exact) mass is 182 g/mol. The average molecular weight is 182 g/mol. The van der Waals surface area contributed by atoms with Crippen LogP contribution in [0, 0.1) is 6.92 Å². The van der Waals surface area contributed by atoms with Crippen molar-refractivity contribution >= 4 is 10.8 Å². The smallest absolute Gasteiger partial charge is 0.103 e. The molecule has 1 aromatic carbocycles. The molecule has 2 aliphatic rings. The Morgan fingerprint density at radius 1 is 1.21 bits per heavy atom. The normalized spacial score (nSPS) is 11.2. The van der Waals surface area contributed by atoms with Crippen LogP contribution in [0.4, 0.5) is 0 Å². The number of rotatable bonds is 0. The molecule has 1 N–H and O–H groups in total. The summed E-state index contributed by atoms with van der Waals surface area (Å²) in [6.45, 7) is 1.97. The zero-order valence-electron chi connectivity index (χ0n) is 7.91. The molecule has 0 spiro atoms. The van der Waals surface area contributed by atoms with Gasteiger partial charge in [-0.15, -0.1) is 0 Å². The summed E-state index contributed by atoms with van der Waals surface area (Å²) in [6.07, 6.45) is 1.93. The van der Waals surface area contributed by atoms with Gasteiger partial charge in [-0.3, -0.25) is 0 Å². The molecule has 2 nitrogen and oxygen atoms in total. The second-order valence-corrected chi connectivity index (χ2v) is 3.53. The van der Waals surface area contributed by atoms with E-state index in [0.29, 0.717) is 0 Å². The SMILES string of the molecule is Cc1ncc2c3ccccc3cc-2[nH]1. The van der Waals surface area contributed by atoms with E-state index in [4.69, 9.17) is 0 Å². The third-order valence-electron chi connectivity index (χ3n) is 2.54. The van der Waals surface area contributed by atoms with Crippen molar-refractivity contribution in [3.8, 4) is 11.3 Å². The first-order valence-electron chi connectivity index (χ1n) is 4.68. The van der Waals surface area contributed by atoms with E-state index in [2.05, 4.69) is 40.3 Å². The Labute approximate surface area is 81.9 Å². The van der Waals surface area contributed by atoms with E-state index in [9.17, 15) is 0 Å². The highest BCUT2D eigenvalue weighted by atomic mass is 14.9. The molecule has 0 atom stereocenters. The van der Waals surface area contributed by atoms with Gasteiger partial charge in [-0.2, -0.15) is 0 Å². The van der Waals surface area contributed by atoms with Crippen molar-refractivity contribution in [2.24, 2.45) is 0 Å². The number of aromatic amines is 1. The molecule has 1 aliphatic carbocycles. The first kappa shape index (κ1) is 7.56. The predicted octanol–water partition coefficient (Wildman–Crippen LogP) is 2.98. The fraction of sp³-hybridized carbons (Fsp3) is 0.0833. The van der Waals surface area contributed by atoms with E-state index in [1.54, 1.807) is 0 Å².